The minimum absolute atomic E-state index is 0.833. The lowest BCUT2D eigenvalue weighted by molar-refractivity contribution is -0.135. The summed E-state index contributed by atoms with van der Waals surface area (Å²) in [7, 11) is -4.64. The number of carboxylic acids is 2. The van der Waals surface area contributed by atoms with Gasteiger partial charge in [-0.2, -0.15) is 0 Å². The molecule has 0 amide bonds. The maximum Gasteiger partial charge on any atom is 0.466 e. The van der Waals surface area contributed by atoms with E-state index >= 15 is 0 Å². The van der Waals surface area contributed by atoms with Crippen molar-refractivity contribution in [1.82, 2.24) is 0 Å². The van der Waals surface area contributed by atoms with Crippen molar-refractivity contribution < 1.29 is 39.0 Å². The van der Waals surface area contributed by atoms with Crippen molar-refractivity contribution in [3.63, 3.8) is 0 Å². The zero-order valence-corrected chi connectivity index (χ0v) is 7.80. The largest absolute Gasteiger partial charge is 0.481 e. The normalized spacial score (nSPS) is 8.38. The highest BCUT2D eigenvalue weighted by Gasteiger charge is 2.00. The fourth-order valence-electron chi connectivity index (χ4n) is 0. The van der Waals surface area contributed by atoms with E-state index in [4.69, 9.17) is 39.0 Å². The van der Waals surface area contributed by atoms with E-state index < -0.39 is 19.8 Å². The van der Waals surface area contributed by atoms with E-state index in [0.29, 0.717) is 0 Å². The quantitative estimate of drug-likeness (QED) is 0.333. The first-order valence-electron chi connectivity index (χ1n) is 2.64. The SMILES string of the molecule is CC(=O)O.CC(=O)O.O=P(O)(O)O. The second kappa shape index (κ2) is 9.14. The Hall–Kier alpha value is -0.950. The van der Waals surface area contributed by atoms with Crippen LogP contribution in [0.2, 0.25) is 0 Å². The van der Waals surface area contributed by atoms with E-state index in [1.165, 1.54) is 0 Å². The van der Waals surface area contributed by atoms with E-state index in [-0.39, 0.29) is 0 Å². The summed E-state index contributed by atoms with van der Waals surface area (Å²) in [6.07, 6.45) is 0. The molecule has 0 aromatic carbocycles. The van der Waals surface area contributed by atoms with Gasteiger partial charge in [0.1, 0.15) is 0 Å². The Morgan fingerprint density at radius 3 is 0.923 bits per heavy atom. The molecule has 0 spiro atoms. The second-order valence-corrected chi connectivity index (χ2v) is 2.58. The van der Waals surface area contributed by atoms with Crippen molar-refractivity contribution in [2.24, 2.45) is 0 Å². The van der Waals surface area contributed by atoms with Gasteiger partial charge in [0.05, 0.1) is 0 Å². The third-order valence-corrected chi connectivity index (χ3v) is 0. The molecule has 5 N–H and O–H groups in total. The minimum atomic E-state index is -4.64. The van der Waals surface area contributed by atoms with Gasteiger partial charge in [-0.05, 0) is 0 Å². The zero-order valence-electron chi connectivity index (χ0n) is 6.91. The Morgan fingerprint density at radius 2 is 0.923 bits per heavy atom. The van der Waals surface area contributed by atoms with Gasteiger partial charge >= 0.3 is 7.82 Å². The Balaban J connectivity index is -0.000000117. The molecule has 0 atom stereocenters. The molecule has 0 aromatic heterocycles. The first-order chi connectivity index (χ1) is 5.46. The van der Waals surface area contributed by atoms with E-state index in [0.717, 1.165) is 13.8 Å². The average molecular weight is 218 g/mol. The first kappa shape index (κ1) is 18.0. The van der Waals surface area contributed by atoms with Gasteiger partial charge in [-0.1, -0.05) is 0 Å². The van der Waals surface area contributed by atoms with E-state index in [1.54, 1.807) is 0 Å². The number of hydrogen-bond donors (Lipinski definition) is 5. The van der Waals surface area contributed by atoms with Crippen LogP contribution < -0.4 is 0 Å². The molecule has 0 rings (SSSR count). The summed E-state index contributed by atoms with van der Waals surface area (Å²) in [6.45, 7) is 2.17. The van der Waals surface area contributed by atoms with Gasteiger partial charge in [-0.3, -0.25) is 9.59 Å². The van der Waals surface area contributed by atoms with Crippen molar-refractivity contribution in [2.75, 3.05) is 0 Å². The number of phosphoric acid groups is 1. The fraction of sp³-hybridized carbons (Fsp3) is 0.500. The highest BCUT2D eigenvalue weighted by Crippen LogP contribution is 2.25. The van der Waals surface area contributed by atoms with Crippen molar-refractivity contribution in [3.8, 4) is 0 Å². The van der Waals surface area contributed by atoms with Crippen LogP contribution >= 0.6 is 7.82 Å². The van der Waals surface area contributed by atoms with Crippen molar-refractivity contribution >= 4 is 19.8 Å². The molecule has 0 fully saturated rings. The van der Waals surface area contributed by atoms with Crippen LogP contribution in [0.3, 0.4) is 0 Å². The molecule has 0 aliphatic heterocycles. The zero-order chi connectivity index (χ0) is 11.7. The molecule has 9 heteroatoms. The predicted molar refractivity (Wildman–Crippen MR) is 40.9 cm³/mol. The van der Waals surface area contributed by atoms with Gasteiger partial charge in [0.25, 0.3) is 11.9 Å². The number of hydrogen-bond acceptors (Lipinski definition) is 3. The maximum absolute atomic E-state index is 9.00. The molecular weight excluding hydrogens is 207 g/mol. The summed E-state index contributed by atoms with van der Waals surface area (Å²) >= 11 is 0. The van der Waals surface area contributed by atoms with Crippen LogP contribution in [0.1, 0.15) is 13.8 Å². The minimum Gasteiger partial charge on any atom is -0.481 e. The summed E-state index contributed by atoms with van der Waals surface area (Å²) in [5.74, 6) is -1.67. The lowest BCUT2D eigenvalue weighted by Crippen LogP contribution is -1.78. The lowest BCUT2D eigenvalue weighted by atomic mass is 10.9. The van der Waals surface area contributed by atoms with Crippen LogP contribution in [0.15, 0.2) is 0 Å². The van der Waals surface area contributed by atoms with Crippen molar-refractivity contribution in [2.45, 2.75) is 13.8 Å². The number of carbonyl (C=O) groups is 2. The van der Waals surface area contributed by atoms with Crippen LogP contribution in [0, 0.1) is 0 Å². The van der Waals surface area contributed by atoms with Crippen LogP contribution in [0.4, 0.5) is 0 Å². The molecule has 0 aliphatic carbocycles. The highest BCUT2D eigenvalue weighted by atomic mass is 31.2. The van der Waals surface area contributed by atoms with E-state index in [2.05, 4.69) is 0 Å². The Labute approximate surface area is 73.7 Å². The molecule has 0 saturated carbocycles. The molecule has 0 aliphatic rings. The Bertz CT molecular complexity index is 164. The lowest BCUT2D eigenvalue weighted by Gasteiger charge is -1.82. The summed E-state index contributed by atoms with van der Waals surface area (Å²) < 4.78 is 8.88. The van der Waals surface area contributed by atoms with Gasteiger partial charge in [0.15, 0.2) is 0 Å². The predicted octanol–water partition coefficient (Wildman–Crippen LogP) is -0.747. The standard InChI is InChI=1S/2C2H4O2.H3O4P/c2*1-2(3)4;1-5(2,3)4/h2*1H3,(H,3,4);(H3,1,2,3,4). The molecule has 0 heterocycles. The third-order valence-electron chi connectivity index (χ3n) is 0. The van der Waals surface area contributed by atoms with Gasteiger partial charge < -0.3 is 24.9 Å². The molecule has 80 valence electrons. The summed E-state index contributed by atoms with van der Waals surface area (Å²) in [4.78, 5) is 39.6. The van der Waals surface area contributed by atoms with E-state index in [9.17, 15) is 0 Å². The molecule has 0 saturated heterocycles. The average Bonchev–Trinajstić information content (AvgIpc) is 1.50. The van der Waals surface area contributed by atoms with Crippen molar-refractivity contribution in [1.29, 1.82) is 0 Å². The molecule has 0 bridgehead atoms. The summed E-state index contributed by atoms with van der Waals surface area (Å²) in [5.41, 5.74) is 0. The van der Waals surface area contributed by atoms with Crippen LogP contribution in [-0.2, 0) is 14.2 Å². The monoisotopic (exact) mass is 218 g/mol. The molecule has 13 heavy (non-hydrogen) atoms. The van der Waals surface area contributed by atoms with Gasteiger partial charge in [0, 0.05) is 13.8 Å². The van der Waals surface area contributed by atoms with E-state index in [1.807, 2.05) is 0 Å². The van der Waals surface area contributed by atoms with Gasteiger partial charge in [-0.15, -0.1) is 0 Å². The summed E-state index contributed by atoms with van der Waals surface area (Å²) in [6, 6.07) is 0. The van der Waals surface area contributed by atoms with Crippen LogP contribution in [0.5, 0.6) is 0 Å². The maximum atomic E-state index is 9.00. The second-order valence-electron chi connectivity index (χ2n) is 1.55. The Kier molecular flexibility index (Phi) is 12.6. The fourth-order valence-corrected chi connectivity index (χ4v) is 0. The summed E-state index contributed by atoms with van der Waals surface area (Å²) in [5, 5.41) is 14.8. The van der Waals surface area contributed by atoms with Crippen LogP contribution in [-0.4, -0.2) is 36.8 Å². The number of carboxylic acid groups (broad SMARTS) is 2. The number of aliphatic carboxylic acids is 2. The topological polar surface area (TPSA) is 152 Å². The molecule has 0 radical (unpaired) electrons. The van der Waals surface area contributed by atoms with Crippen molar-refractivity contribution in [3.05, 3.63) is 0 Å². The van der Waals surface area contributed by atoms with Gasteiger partial charge in [0.2, 0.25) is 0 Å². The molecule has 0 unspecified atom stereocenters. The molecular formula is C4H11O8P. The third kappa shape index (κ3) is 1000. The Morgan fingerprint density at radius 1 is 0.923 bits per heavy atom. The number of rotatable bonds is 0. The molecule has 8 nitrogen and oxygen atoms in total. The van der Waals surface area contributed by atoms with Crippen LogP contribution in [0.25, 0.3) is 0 Å². The smallest absolute Gasteiger partial charge is 0.466 e. The first-order valence-corrected chi connectivity index (χ1v) is 4.20. The van der Waals surface area contributed by atoms with Gasteiger partial charge in [-0.25, -0.2) is 4.57 Å². The molecule has 0 aromatic rings. The highest BCUT2D eigenvalue weighted by molar-refractivity contribution is 7.45.